The summed E-state index contributed by atoms with van der Waals surface area (Å²) in [6.07, 6.45) is 5.72. The van der Waals surface area contributed by atoms with Crippen molar-refractivity contribution in [3.63, 3.8) is 0 Å². The number of carbonyl (C=O) groups excluding carboxylic acids is 1. The molecule has 4 nitrogen and oxygen atoms in total. The summed E-state index contributed by atoms with van der Waals surface area (Å²) in [5, 5.41) is 3.17. The first-order valence-electron chi connectivity index (χ1n) is 7.54. The topological polar surface area (TPSA) is 51.2 Å². The van der Waals surface area contributed by atoms with Gasteiger partial charge in [-0.15, -0.1) is 0 Å². The summed E-state index contributed by atoms with van der Waals surface area (Å²) in [7, 11) is 0. The largest absolute Gasteiger partial charge is 0.461 e. The van der Waals surface area contributed by atoms with Gasteiger partial charge in [0.25, 0.3) is 0 Å². The summed E-state index contributed by atoms with van der Waals surface area (Å²) in [6.45, 7) is 6.72. The van der Waals surface area contributed by atoms with Crippen molar-refractivity contribution in [2.45, 2.75) is 58.9 Å². The van der Waals surface area contributed by atoms with Crippen LogP contribution in [0.15, 0.2) is 18.2 Å². The molecule has 0 aliphatic heterocycles. The Balaban J connectivity index is 2.35. The molecule has 0 aliphatic carbocycles. The smallest absolute Gasteiger partial charge is 0.357 e. The van der Waals surface area contributed by atoms with Gasteiger partial charge < -0.3 is 10.1 Å². The molecule has 1 rings (SSSR count). The zero-order valence-electron chi connectivity index (χ0n) is 12.8. The summed E-state index contributed by atoms with van der Waals surface area (Å²) in [6, 6.07) is 5.63. The molecule has 0 unspecified atom stereocenters. The SMILES string of the molecule is CCCCCCCOC(=O)c1cccc(NC(C)C)n1. The van der Waals surface area contributed by atoms with E-state index in [4.69, 9.17) is 4.74 Å². The molecule has 0 radical (unpaired) electrons. The fourth-order valence-corrected chi connectivity index (χ4v) is 1.87. The number of pyridine rings is 1. The van der Waals surface area contributed by atoms with Crippen molar-refractivity contribution in [1.82, 2.24) is 4.98 Å². The standard InChI is InChI=1S/C16H26N2O2/c1-4-5-6-7-8-12-20-16(19)14-10-9-11-15(18-14)17-13(2)3/h9-11,13H,4-8,12H2,1-3H3,(H,17,18). The highest BCUT2D eigenvalue weighted by molar-refractivity contribution is 5.87. The summed E-state index contributed by atoms with van der Waals surface area (Å²) in [4.78, 5) is 16.1. The van der Waals surface area contributed by atoms with Crippen LogP contribution in [0.2, 0.25) is 0 Å². The molecule has 0 saturated carbocycles. The van der Waals surface area contributed by atoms with E-state index in [-0.39, 0.29) is 12.0 Å². The van der Waals surface area contributed by atoms with Crippen LogP contribution in [0.25, 0.3) is 0 Å². The predicted molar refractivity (Wildman–Crippen MR) is 82.0 cm³/mol. The maximum absolute atomic E-state index is 11.9. The minimum atomic E-state index is -0.340. The van der Waals surface area contributed by atoms with Crippen LogP contribution in [-0.2, 0) is 4.74 Å². The van der Waals surface area contributed by atoms with E-state index in [1.54, 1.807) is 6.07 Å². The van der Waals surface area contributed by atoms with Crippen LogP contribution >= 0.6 is 0 Å². The number of ether oxygens (including phenoxy) is 1. The van der Waals surface area contributed by atoms with Crippen molar-refractivity contribution in [3.05, 3.63) is 23.9 Å². The average Bonchev–Trinajstić information content (AvgIpc) is 2.42. The molecule has 20 heavy (non-hydrogen) atoms. The number of aromatic nitrogens is 1. The number of nitrogens with zero attached hydrogens (tertiary/aromatic N) is 1. The molecule has 0 fully saturated rings. The number of esters is 1. The molecule has 112 valence electrons. The normalized spacial score (nSPS) is 10.6. The molecule has 0 bridgehead atoms. The van der Waals surface area contributed by atoms with Crippen LogP contribution in [0, 0.1) is 0 Å². The van der Waals surface area contributed by atoms with Crippen LogP contribution in [-0.4, -0.2) is 23.6 Å². The Morgan fingerprint density at radius 3 is 2.70 bits per heavy atom. The fraction of sp³-hybridized carbons (Fsp3) is 0.625. The van der Waals surface area contributed by atoms with Crippen LogP contribution in [0.5, 0.6) is 0 Å². The number of rotatable bonds is 9. The van der Waals surface area contributed by atoms with E-state index in [2.05, 4.69) is 17.2 Å². The van der Waals surface area contributed by atoms with Crippen molar-refractivity contribution in [3.8, 4) is 0 Å². The Labute approximate surface area is 121 Å². The van der Waals surface area contributed by atoms with E-state index >= 15 is 0 Å². The minimum absolute atomic E-state index is 0.285. The third-order valence-corrected chi connectivity index (χ3v) is 2.88. The van der Waals surface area contributed by atoms with Crippen molar-refractivity contribution in [2.75, 3.05) is 11.9 Å². The van der Waals surface area contributed by atoms with Gasteiger partial charge >= 0.3 is 5.97 Å². The highest BCUT2D eigenvalue weighted by Gasteiger charge is 2.09. The average molecular weight is 278 g/mol. The van der Waals surface area contributed by atoms with Crippen LogP contribution in [0.4, 0.5) is 5.82 Å². The Bertz CT molecular complexity index is 405. The molecule has 1 aromatic heterocycles. The van der Waals surface area contributed by atoms with E-state index in [1.807, 2.05) is 26.0 Å². The van der Waals surface area contributed by atoms with Gasteiger partial charge in [0, 0.05) is 6.04 Å². The molecule has 0 aromatic carbocycles. The van der Waals surface area contributed by atoms with Gasteiger partial charge in [-0.1, -0.05) is 38.7 Å². The molecule has 0 atom stereocenters. The van der Waals surface area contributed by atoms with Crippen molar-refractivity contribution >= 4 is 11.8 Å². The van der Waals surface area contributed by atoms with Gasteiger partial charge in [0.15, 0.2) is 5.69 Å². The number of anilines is 1. The van der Waals surface area contributed by atoms with Crippen molar-refractivity contribution in [1.29, 1.82) is 0 Å². The number of carbonyl (C=O) groups is 1. The van der Waals surface area contributed by atoms with E-state index in [9.17, 15) is 4.79 Å². The quantitative estimate of drug-likeness (QED) is 0.547. The zero-order chi connectivity index (χ0) is 14.8. The number of nitrogens with one attached hydrogen (secondary N) is 1. The lowest BCUT2D eigenvalue weighted by Crippen LogP contribution is -2.14. The summed E-state index contributed by atoms with van der Waals surface area (Å²) in [5.41, 5.74) is 0.365. The lowest BCUT2D eigenvalue weighted by molar-refractivity contribution is 0.0491. The maximum Gasteiger partial charge on any atom is 0.357 e. The molecule has 1 N–H and O–H groups in total. The Morgan fingerprint density at radius 2 is 2.00 bits per heavy atom. The molecule has 0 spiro atoms. The second kappa shape index (κ2) is 9.34. The molecule has 0 aliphatic rings. The molecular weight excluding hydrogens is 252 g/mol. The number of unbranched alkanes of at least 4 members (excludes halogenated alkanes) is 4. The van der Waals surface area contributed by atoms with Gasteiger partial charge in [-0.25, -0.2) is 9.78 Å². The first kappa shape index (κ1) is 16.5. The van der Waals surface area contributed by atoms with E-state index in [0.29, 0.717) is 18.1 Å². The van der Waals surface area contributed by atoms with Crippen LogP contribution < -0.4 is 5.32 Å². The Hall–Kier alpha value is -1.58. The fourth-order valence-electron chi connectivity index (χ4n) is 1.87. The van der Waals surface area contributed by atoms with Gasteiger partial charge in [0.1, 0.15) is 5.82 Å². The second-order valence-corrected chi connectivity index (χ2v) is 5.26. The molecule has 1 aromatic rings. The second-order valence-electron chi connectivity index (χ2n) is 5.26. The van der Waals surface area contributed by atoms with Gasteiger partial charge in [0.05, 0.1) is 6.61 Å². The van der Waals surface area contributed by atoms with E-state index in [0.717, 1.165) is 12.8 Å². The van der Waals surface area contributed by atoms with Gasteiger partial charge in [-0.2, -0.15) is 0 Å². The van der Waals surface area contributed by atoms with Crippen molar-refractivity contribution in [2.24, 2.45) is 0 Å². The monoisotopic (exact) mass is 278 g/mol. The van der Waals surface area contributed by atoms with Crippen LogP contribution in [0.3, 0.4) is 0 Å². The zero-order valence-corrected chi connectivity index (χ0v) is 12.8. The highest BCUT2D eigenvalue weighted by Crippen LogP contribution is 2.08. The minimum Gasteiger partial charge on any atom is -0.461 e. The van der Waals surface area contributed by atoms with Crippen molar-refractivity contribution < 1.29 is 9.53 Å². The Kier molecular flexibility index (Phi) is 7.70. The highest BCUT2D eigenvalue weighted by atomic mass is 16.5. The van der Waals surface area contributed by atoms with Gasteiger partial charge in [-0.05, 0) is 32.4 Å². The first-order chi connectivity index (χ1) is 9.63. The van der Waals surface area contributed by atoms with Crippen LogP contribution in [0.1, 0.15) is 63.4 Å². The molecule has 1 heterocycles. The number of hydrogen-bond donors (Lipinski definition) is 1. The van der Waals surface area contributed by atoms with E-state index in [1.165, 1.54) is 19.3 Å². The lowest BCUT2D eigenvalue weighted by atomic mass is 10.2. The van der Waals surface area contributed by atoms with Gasteiger partial charge in [-0.3, -0.25) is 0 Å². The molecule has 0 amide bonds. The first-order valence-corrected chi connectivity index (χ1v) is 7.54. The number of hydrogen-bond acceptors (Lipinski definition) is 4. The van der Waals surface area contributed by atoms with E-state index < -0.39 is 0 Å². The third-order valence-electron chi connectivity index (χ3n) is 2.88. The summed E-state index contributed by atoms with van der Waals surface area (Å²) >= 11 is 0. The lowest BCUT2D eigenvalue weighted by Gasteiger charge is -2.10. The summed E-state index contributed by atoms with van der Waals surface area (Å²) in [5.74, 6) is 0.366. The Morgan fingerprint density at radius 1 is 1.25 bits per heavy atom. The molecule has 4 heteroatoms. The predicted octanol–water partition coefficient (Wildman–Crippen LogP) is 4.03. The molecule has 0 saturated heterocycles. The summed E-state index contributed by atoms with van der Waals surface area (Å²) < 4.78 is 5.24. The maximum atomic E-state index is 11.9. The third kappa shape index (κ3) is 6.55. The molecular formula is C16H26N2O2. The van der Waals surface area contributed by atoms with Gasteiger partial charge in [0.2, 0.25) is 0 Å².